The van der Waals surface area contributed by atoms with Crippen molar-refractivity contribution in [3.05, 3.63) is 64.1 Å². The molecule has 1 atom stereocenters. The van der Waals surface area contributed by atoms with Gasteiger partial charge >= 0.3 is 0 Å². The third-order valence-electron chi connectivity index (χ3n) is 4.52. The number of aromatic nitrogens is 3. The number of amides is 1. The van der Waals surface area contributed by atoms with Crippen LogP contribution < -0.4 is 5.32 Å². The van der Waals surface area contributed by atoms with Crippen molar-refractivity contribution in [3.63, 3.8) is 0 Å². The van der Waals surface area contributed by atoms with Crippen LogP contribution in [0.3, 0.4) is 0 Å². The molecule has 2 heterocycles. The first-order chi connectivity index (χ1) is 13.2. The Labute approximate surface area is 167 Å². The molecule has 0 unspecified atom stereocenters. The van der Waals surface area contributed by atoms with E-state index in [-0.39, 0.29) is 11.2 Å². The molecule has 27 heavy (non-hydrogen) atoms. The summed E-state index contributed by atoms with van der Waals surface area (Å²) in [6, 6.07) is 14.6. The van der Waals surface area contributed by atoms with Crippen LogP contribution in [0.25, 0.3) is 0 Å². The second-order valence-electron chi connectivity index (χ2n) is 6.72. The molecule has 1 fully saturated rings. The molecule has 1 aliphatic rings. The summed E-state index contributed by atoms with van der Waals surface area (Å²) in [4.78, 5) is 13.8. The van der Waals surface area contributed by atoms with E-state index in [1.807, 2.05) is 37.3 Å². The van der Waals surface area contributed by atoms with Gasteiger partial charge in [0.15, 0.2) is 5.16 Å². The average molecular weight is 399 g/mol. The van der Waals surface area contributed by atoms with Crippen molar-refractivity contribution in [3.8, 4) is 0 Å². The molecule has 4 rings (SSSR count). The van der Waals surface area contributed by atoms with Gasteiger partial charge in [-0.3, -0.25) is 4.79 Å². The smallest absolute Gasteiger partial charge is 0.233 e. The van der Waals surface area contributed by atoms with Crippen molar-refractivity contribution in [1.29, 1.82) is 0 Å². The third kappa shape index (κ3) is 4.59. The molecule has 3 aromatic rings. The fourth-order valence-corrected chi connectivity index (χ4v) is 4.58. The molecule has 0 radical (unpaired) electrons. The van der Waals surface area contributed by atoms with E-state index in [9.17, 15) is 4.79 Å². The zero-order valence-electron chi connectivity index (χ0n) is 15.2. The number of hydrogen-bond donors (Lipinski definition) is 1. The van der Waals surface area contributed by atoms with Crippen molar-refractivity contribution in [1.82, 2.24) is 20.1 Å². The molecule has 0 aliphatic heterocycles. The summed E-state index contributed by atoms with van der Waals surface area (Å²) in [6.07, 6.45) is 3.13. The molecular formula is C20H22N4OS2. The molecule has 1 N–H and O–H groups in total. The first kappa shape index (κ1) is 18.3. The molecule has 140 valence electrons. The number of carbonyl (C=O) groups is 1. The van der Waals surface area contributed by atoms with Crippen molar-refractivity contribution >= 4 is 29.0 Å². The Kier molecular flexibility index (Phi) is 5.59. The van der Waals surface area contributed by atoms with E-state index >= 15 is 0 Å². The van der Waals surface area contributed by atoms with Crippen LogP contribution >= 0.6 is 23.1 Å². The monoisotopic (exact) mass is 398 g/mol. The number of thioether (sulfide) groups is 1. The Balaban J connectivity index is 1.41. The maximum Gasteiger partial charge on any atom is 0.233 e. The second-order valence-corrected chi connectivity index (χ2v) is 9.06. The fraction of sp³-hybridized carbons (Fsp3) is 0.350. The van der Waals surface area contributed by atoms with Gasteiger partial charge in [-0.05, 0) is 36.8 Å². The van der Waals surface area contributed by atoms with E-state index in [4.69, 9.17) is 0 Å². The summed E-state index contributed by atoms with van der Waals surface area (Å²) < 4.78 is 2.24. The van der Waals surface area contributed by atoms with Gasteiger partial charge in [0.05, 0.1) is 5.25 Å². The first-order valence-corrected chi connectivity index (χ1v) is 10.9. The van der Waals surface area contributed by atoms with Crippen LogP contribution in [0.5, 0.6) is 0 Å². The lowest BCUT2D eigenvalue weighted by Crippen LogP contribution is -2.30. The van der Waals surface area contributed by atoms with Crippen LogP contribution in [0.2, 0.25) is 0 Å². The van der Waals surface area contributed by atoms with Gasteiger partial charge in [-0.25, -0.2) is 0 Å². The fourth-order valence-electron chi connectivity index (χ4n) is 2.92. The number of benzene rings is 1. The highest BCUT2D eigenvalue weighted by atomic mass is 32.2. The molecule has 2 aromatic heterocycles. The lowest BCUT2D eigenvalue weighted by molar-refractivity contribution is -0.120. The zero-order valence-corrected chi connectivity index (χ0v) is 16.8. The van der Waals surface area contributed by atoms with Gasteiger partial charge in [0.2, 0.25) is 5.91 Å². The van der Waals surface area contributed by atoms with E-state index in [1.54, 1.807) is 11.3 Å². The maximum absolute atomic E-state index is 12.5. The Morgan fingerprint density at radius 1 is 1.26 bits per heavy atom. The van der Waals surface area contributed by atoms with Crippen molar-refractivity contribution in [2.75, 3.05) is 0 Å². The van der Waals surface area contributed by atoms with E-state index < -0.39 is 0 Å². The maximum atomic E-state index is 12.5. The largest absolute Gasteiger partial charge is 0.351 e. The van der Waals surface area contributed by atoms with Crippen LogP contribution in [0.15, 0.2) is 53.0 Å². The minimum absolute atomic E-state index is 0.0222. The summed E-state index contributed by atoms with van der Waals surface area (Å²) in [5.41, 5.74) is 1.10. The minimum Gasteiger partial charge on any atom is -0.351 e. The Hall–Kier alpha value is -2.12. The second kappa shape index (κ2) is 8.27. The predicted octanol–water partition coefficient (Wildman–Crippen LogP) is 4.06. The molecule has 0 spiro atoms. The quantitative estimate of drug-likeness (QED) is 0.581. The summed E-state index contributed by atoms with van der Waals surface area (Å²) >= 11 is 3.24. The lowest BCUT2D eigenvalue weighted by Gasteiger charge is -2.13. The van der Waals surface area contributed by atoms with Crippen molar-refractivity contribution in [2.45, 2.75) is 49.2 Å². The van der Waals surface area contributed by atoms with Gasteiger partial charge in [-0.15, -0.1) is 21.5 Å². The van der Waals surface area contributed by atoms with Gasteiger partial charge in [-0.1, -0.05) is 48.2 Å². The van der Waals surface area contributed by atoms with E-state index in [2.05, 4.69) is 37.6 Å². The lowest BCUT2D eigenvalue weighted by atomic mass is 10.2. The normalized spacial score (nSPS) is 14.9. The summed E-state index contributed by atoms with van der Waals surface area (Å²) in [5.74, 6) is 1.02. The number of nitrogens with zero attached hydrogens (tertiary/aromatic N) is 3. The highest BCUT2D eigenvalue weighted by Gasteiger charge is 2.31. The van der Waals surface area contributed by atoms with Crippen molar-refractivity contribution in [2.24, 2.45) is 0 Å². The summed E-state index contributed by atoms with van der Waals surface area (Å²) in [7, 11) is 0. The summed E-state index contributed by atoms with van der Waals surface area (Å²) in [5, 5.41) is 14.6. The zero-order chi connectivity index (χ0) is 18.6. The minimum atomic E-state index is -0.218. The SMILES string of the molecule is C[C@@H](Sc1nnc(Cc2cccs2)n1C1CC1)C(=O)NCc1ccccc1. The Morgan fingerprint density at radius 2 is 2.07 bits per heavy atom. The van der Waals surface area contributed by atoms with Gasteiger partial charge in [0, 0.05) is 23.9 Å². The molecule has 0 saturated heterocycles. The molecule has 1 aliphatic carbocycles. The van der Waals surface area contributed by atoms with Gasteiger partial charge < -0.3 is 9.88 Å². The number of hydrogen-bond acceptors (Lipinski definition) is 5. The predicted molar refractivity (Wildman–Crippen MR) is 109 cm³/mol. The number of carbonyl (C=O) groups excluding carboxylic acids is 1. The summed E-state index contributed by atoms with van der Waals surface area (Å²) in [6.45, 7) is 2.47. The third-order valence-corrected chi connectivity index (χ3v) is 6.45. The molecule has 7 heteroatoms. The van der Waals surface area contributed by atoms with E-state index in [0.29, 0.717) is 12.6 Å². The molecule has 1 aromatic carbocycles. The van der Waals surface area contributed by atoms with Crippen LogP contribution in [0.1, 0.15) is 42.1 Å². The van der Waals surface area contributed by atoms with Crippen LogP contribution in [0.4, 0.5) is 0 Å². The molecule has 1 amide bonds. The van der Waals surface area contributed by atoms with Crippen molar-refractivity contribution < 1.29 is 4.79 Å². The van der Waals surface area contributed by atoms with Gasteiger partial charge in [-0.2, -0.15) is 0 Å². The van der Waals surface area contributed by atoms with Crippen LogP contribution in [-0.2, 0) is 17.8 Å². The first-order valence-electron chi connectivity index (χ1n) is 9.15. The van der Waals surface area contributed by atoms with Gasteiger partial charge in [0.25, 0.3) is 0 Å². The van der Waals surface area contributed by atoms with E-state index in [0.717, 1.165) is 35.8 Å². The highest BCUT2D eigenvalue weighted by molar-refractivity contribution is 8.00. The van der Waals surface area contributed by atoms with E-state index in [1.165, 1.54) is 16.6 Å². The highest BCUT2D eigenvalue weighted by Crippen LogP contribution is 2.40. The Bertz CT molecular complexity index is 888. The Morgan fingerprint density at radius 3 is 2.78 bits per heavy atom. The van der Waals surface area contributed by atoms with Crippen LogP contribution in [-0.4, -0.2) is 25.9 Å². The average Bonchev–Trinajstić information content (AvgIpc) is 3.25. The molecule has 1 saturated carbocycles. The number of rotatable bonds is 8. The molecule has 5 nitrogen and oxygen atoms in total. The standard InChI is InChI=1S/C20H22N4OS2/c1-14(19(25)21-13-15-6-3-2-4-7-15)27-20-23-22-18(24(20)16-9-10-16)12-17-8-5-11-26-17/h2-8,11,14,16H,9-10,12-13H2,1H3,(H,21,25)/t14-/m1/s1. The molecular weight excluding hydrogens is 376 g/mol. The topological polar surface area (TPSA) is 59.8 Å². The van der Waals surface area contributed by atoms with Crippen LogP contribution in [0, 0.1) is 0 Å². The number of nitrogens with one attached hydrogen (secondary N) is 1. The van der Waals surface area contributed by atoms with Gasteiger partial charge in [0.1, 0.15) is 5.82 Å². The number of thiophene rings is 1. The molecule has 0 bridgehead atoms.